The van der Waals surface area contributed by atoms with Crippen molar-refractivity contribution in [2.45, 2.75) is 15.4 Å². The van der Waals surface area contributed by atoms with Gasteiger partial charge in [0.05, 0.1) is 11.4 Å². The van der Waals surface area contributed by atoms with E-state index in [0.29, 0.717) is 11.1 Å². The summed E-state index contributed by atoms with van der Waals surface area (Å²) >= 11 is 1.59. The molecule has 0 radical (unpaired) electrons. The molecule has 4 aromatic carbocycles. The molecule has 5 rings (SSSR count). The smallest absolute Gasteiger partial charge is 0.348 e. The minimum absolute atomic E-state index is 0.365. The molecule has 1 N–H and O–H groups in total. The van der Waals surface area contributed by atoms with Crippen molar-refractivity contribution in [1.29, 1.82) is 0 Å². The van der Waals surface area contributed by atoms with Gasteiger partial charge < -0.3 is 9.84 Å². The summed E-state index contributed by atoms with van der Waals surface area (Å²) < 4.78 is 5.47. The van der Waals surface area contributed by atoms with Crippen molar-refractivity contribution in [3.63, 3.8) is 0 Å². The van der Waals surface area contributed by atoms with Gasteiger partial charge in [0.15, 0.2) is 6.61 Å². The topological polar surface area (TPSA) is 66.8 Å². The van der Waals surface area contributed by atoms with E-state index in [1.165, 1.54) is 0 Å². The van der Waals surface area contributed by atoms with Crippen LogP contribution in [0.4, 0.5) is 11.4 Å². The zero-order valence-electron chi connectivity index (χ0n) is 18.1. The average molecular weight is 468 g/mol. The molecule has 0 aliphatic carbocycles. The first-order chi connectivity index (χ1) is 16.6. The van der Waals surface area contributed by atoms with Crippen molar-refractivity contribution in [2.75, 3.05) is 11.5 Å². The van der Waals surface area contributed by atoms with Gasteiger partial charge in [-0.2, -0.15) is 0 Å². The first kappa shape index (κ1) is 21.9. The van der Waals surface area contributed by atoms with Crippen molar-refractivity contribution in [2.24, 2.45) is 0 Å². The lowest BCUT2D eigenvalue weighted by molar-refractivity contribution is -0.164. The number of carbonyl (C=O) groups is 2. The highest BCUT2D eigenvalue weighted by molar-refractivity contribution is 7.99. The maximum atomic E-state index is 13.4. The van der Waals surface area contributed by atoms with Crippen molar-refractivity contribution < 1.29 is 19.4 Å². The fourth-order valence-electron chi connectivity index (χ4n) is 4.03. The lowest BCUT2D eigenvalue weighted by Crippen LogP contribution is -2.41. The Morgan fingerprint density at radius 2 is 1.15 bits per heavy atom. The van der Waals surface area contributed by atoms with Crippen LogP contribution in [0.1, 0.15) is 11.1 Å². The molecule has 0 unspecified atom stereocenters. The third-order valence-electron chi connectivity index (χ3n) is 5.69. The van der Waals surface area contributed by atoms with Gasteiger partial charge >= 0.3 is 5.97 Å². The summed E-state index contributed by atoms with van der Waals surface area (Å²) in [5.74, 6) is -1.32. The van der Waals surface area contributed by atoms with Crippen LogP contribution in [-0.4, -0.2) is 23.6 Å². The second-order valence-electron chi connectivity index (χ2n) is 7.79. The van der Waals surface area contributed by atoms with E-state index in [4.69, 9.17) is 4.74 Å². The molecule has 0 atom stereocenters. The highest BCUT2D eigenvalue weighted by Gasteiger charge is 2.42. The predicted octanol–water partition coefficient (Wildman–Crippen LogP) is 5.30. The monoisotopic (exact) mass is 467 g/mol. The van der Waals surface area contributed by atoms with Gasteiger partial charge in [-0.15, -0.1) is 0 Å². The molecule has 168 valence electrons. The second kappa shape index (κ2) is 9.17. The Hall–Kier alpha value is -3.87. The third-order valence-corrected chi connectivity index (χ3v) is 6.82. The highest BCUT2D eigenvalue weighted by Crippen LogP contribution is 2.47. The van der Waals surface area contributed by atoms with Crippen LogP contribution in [0, 0.1) is 0 Å². The molecule has 1 aliphatic heterocycles. The molecule has 0 saturated heterocycles. The zero-order chi connectivity index (χ0) is 23.5. The minimum Gasteiger partial charge on any atom is -0.453 e. The van der Waals surface area contributed by atoms with E-state index in [1.54, 1.807) is 77.3 Å². The van der Waals surface area contributed by atoms with Crippen LogP contribution in [0.2, 0.25) is 0 Å². The first-order valence-corrected chi connectivity index (χ1v) is 11.6. The van der Waals surface area contributed by atoms with Gasteiger partial charge in [-0.3, -0.25) is 9.69 Å². The summed E-state index contributed by atoms with van der Waals surface area (Å²) in [5, 5.41) is 11.6. The van der Waals surface area contributed by atoms with Crippen LogP contribution in [0.3, 0.4) is 0 Å². The second-order valence-corrected chi connectivity index (χ2v) is 8.87. The van der Waals surface area contributed by atoms with Crippen molar-refractivity contribution in [3.8, 4) is 0 Å². The number of nitrogens with zero attached hydrogens (tertiary/aromatic N) is 1. The standard InChI is InChI=1S/C28H21NO4S/c30-26(29-22-15-7-9-17-24(22)34-25-18-10-8-16-23(25)29)19-33-27(31)28(32,20-11-3-1-4-12-20)21-13-5-2-6-14-21/h1-18,32H,19H2. The van der Waals surface area contributed by atoms with Gasteiger partial charge in [0.25, 0.3) is 5.91 Å². The first-order valence-electron chi connectivity index (χ1n) is 10.8. The zero-order valence-corrected chi connectivity index (χ0v) is 18.9. The molecule has 0 spiro atoms. The number of para-hydroxylation sites is 2. The van der Waals surface area contributed by atoms with Crippen molar-refractivity contribution >= 4 is 35.0 Å². The molecule has 0 aromatic heterocycles. The Morgan fingerprint density at radius 1 is 0.706 bits per heavy atom. The summed E-state index contributed by atoms with van der Waals surface area (Å²) in [6.45, 7) is -0.520. The Morgan fingerprint density at radius 3 is 1.65 bits per heavy atom. The van der Waals surface area contributed by atoms with Crippen LogP contribution < -0.4 is 4.90 Å². The van der Waals surface area contributed by atoms with Gasteiger partial charge in [-0.1, -0.05) is 96.7 Å². The van der Waals surface area contributed by atoms with Crippen LogP contribution in [0.25, 0.3) is 0 Å². The molecule has 6 heteroatoms. The van der Waals surface area contributed by atoms with E-state index in [9.17, 15) is 14.7 Å². The SMILES string of the molecule is O=C(COC(=O)C(O)(c1ccccc1)c1ccccc1)N1c2ccccc2Sc2ccccc21. The molecular formula is C28H21NO4S. The number of esters is 1. The fraction of sp³-hybridized carbons (Fsp3) is 0.0714. The van der Waals surface area contributed by atoms with Crippen LogP contribution in [0.5, 0.6) is 0 Å². The number of rotatable bonds is 5. The van der Waals surface area contributed by atoms with E-state index in [-0.39, 0.29) is 0 Å². The molecule has 4 aromatic rings. The lowest BCUT2D eigenvalue weighted by atomic mass is 9.86. The summed E-state index contributed by atoms with van der Waals surface area (Å²) in [6, 6.07) is 32.4. The van der Waals surface area contributed by atoms with E-state index >= 15 is 0 Å². The number of hydrogen-bond donors (Lipinski definition) is 1. The van der Waals surface area contributed by atoms with Crippen LogP contribution >= 0.6 is 11.8 Å². The highest BCUT2D eigenvalue weighted by atomic mass is 32.2. The van der Waals surface area contributed by atoms with Crippen molar-refractivity contribution in [3.05, 3.63) is 120 Å². The Labute approximate surface area is 201 Å². The molecule has 1 aliphatic rings. The van der Waals surface area contributed by atoms with E-state index in [0.717, 1.165) is 21.2 Å². The van der Waals surface area contributed by atoms with Gasteiger partial charge in [0.2, 0.25) is 5.60 Å². The predicted molar refractivity (Wildman–Crippen MR) is 131 cm³/mol. The number of carbonyl (C=O) groups excluding carboxylic acids is 2. The molecule has 0 fully saturated rings. The molecule has 0 saturated carbocycles. The molecule has 5 nitrogen and oxygen atoms in total. The average Bonchev–Trinajstić information content (AvgIpc) is 2.90. The number of ether oxygens (including phenoxy) is 1. The van der Waals surface area contributed by atoms with E-state index in [1.807, 2.05) is 48.5 Å². The van der Waals surface area contributed by atoms with Gasteiger partial charge in [-0.05, 0) is 35.4 Å². The van der Waals surface area contributed by atoms with Crippen molar-refractivity contribution in [1.82, 2.24) is 0 Å². The lowest BCUT2D eigenvalue weighted by Gasteiger charge is -2.31. The largest absolute Gasteiger partial charge is 0.453 e. The summed E-state index contributed by atoms with van der Waals surface area (Å²) in [7, 11) is 0. The molecule has 0 bridgehead atoms. The number of amides is 1. The number of fused-ring (bicyclic) bond motifs is 2. The van der Waals surface area contributed by atoms with Crippen LogP contribution in [0.15, 0.2) is 119 Å². The van der Waals surface area contributed by atoms with E-state index < -0.39 is 24.1 Å². The van der Waals surface area contributed by atoms with Gasteiger partial charge in [-0.25, -0.2) is 4.79 Å². The molecular weight excluding hydrogens is 446 g/mol. The Kier molecular flexibility index (Phi) is 5.92. The minimum atomic E-state index is -2.05. The fourth-order valence-corrected chi connectivity index (χ4v) is 5.09. The summed E-state index contributed by atoms with van der Waals surface area (Å²) in [6.07, 6.45) is 0. The van der Waals surface area contributed by atoms with E-state index in [2.05, 4.69) is 0 Å². The normalized spacial score (nSPS) is 12.4. The van der Waals surface area contributed by atoms with Crippen LogP contribution in [-0.2, 0) is 19.9 Å². The third kappa shape index (κ3) is 3.87. The molecule has 1 amide bonds. The summed E-state index contributed by atoms with van der Waals surface area (Å²) in [5.41, 5.74) is 0.144. The number of benzene rings is 4. The van der Waals surface area contributed by atoms with Gasteiger partial charge in [0.1, 0.15) is 0 Å². The maximum Gasteiger partial charge on any atom is 0.348 e. The summed E-state index contributed by atoms with van der Waals surface area (Å²) in [4.78, 5) is 30.1. The number of aliphatic hydroxyl groups is 1. The Balaban J connectivity index is 1.44. The maximum absolute atomic E-state index is 13.4. The molecule has 34 heavy (non-hydrogen) atoms. The quantitative estimate of drug-likeness (QED) is 0.404. The number of hydrogen-bond acceptors (Lipinski definition) is 5. The van der Waals surface area contributed by atoms with Gasteiger partial charge in [0, 0.05) is 9.79 Å². The Bertz CT molecular complexity index is 1260. The molecule has 1 heterocycles. The number of anilines is 2.